The van der Waals surface area contributed by atoms with Crippen molar-refractivity contribution in [2.75, 3.05) is 0 Å². The molecule has 2 N–H and O–H groups in total. The molecule has 4 fully saturated rings. The lowest BCUT2D eigenvalue weighted by Gasteiger charge is -2.56. The summed E-state index contributed by atoms with van der Waals surface area (Å²) in [5, 5.41) is 24.8. The van der Waals surface area contributed by atoms with Gasteiger partial charge in [-0.25, -0.2) is 0 Å². The molecule has 0 spiro atoms. The lowest BCUT2D eigenvalue weighted by Crippen LogP contribution is -2.68. The molecule has 0 amide bonds. The largest absolute Gasteiger partial charge is 0.386 e. The Kier molecular flexibility index (Phi) is 4.99. The summed E-state index contributed by atoms with van der Waals surface area (Å²) in [6.07, 6.45) is 19.2. The number of hydrogen-bond donors (Lipinski definition) is 2. The molecule has 0 radical (unpaired) electrons. The van der Waals surface area contributed by atoms with Gasteiger partial charge in [0.05, 0.1) is 11.2 Å². The Morgan fingerprint density at radius 1 is 0.375 bits per heavy atom. The molecule has 0 aromatic rings. The lowest BCUT2D eigenvalue weighted by molar-refractivity contribution is -0.254. The number of rotatable bonds is 5. The standard InChI is InChI=1S/C22H38O2/c23-21(17-9-1-2-10-17,18-11-3-4-12-18)22(24,19-13-5-6-14-19)20-15-7-8-16-20/h17-20,23-24H,1-16H2. The van der Waals surface area contributed by atoms with E-state index in [9.17, 15) is 10.2 Å². The topological polar surface area (TPSA) is 40.5 Å². The quantitative estimate of drug-likeness (QED) is 0.724. The third-order valence-corrected chi connectivity index (χ3v) is 8.55. The molecule has 4 rings (SSSR count). The van der Waals surface area contributed by atoms with E-state index >= 15 is 0 Å². The maximum Gasteiger partial charge on any atom is 0.0994 e. The van der Waals surface area contributed by atoms with Crippen LogP contribution in [0, 0.1) is 23.7 Å². The maximum atomic E-state index is 12.4. The molecular formula is C22H38O2. The highest BCUT2D eigenvalue weighted by Crippen LogP contribution is 2.58. The molecule has 2 nitrogen and oxygen atoms in total. The van der Waals surface area contributed by atoms with E-state index in [-0.39, 0.29) is 0 Å². The van der Waals surface area contributed by atoms with Crippen molar-refractivity contribution >= 4 is 0 Å². The van der Waals surface area contributed by atoms with Crippen LogP contribution in [-0.2, 0) is 0 Å². The van der Waals surface area contributed by atoms with E-state index < -0.39 is 11.2 Å². The van der Waals surface area contributed by atoms with Crippen molar-refractivity contribution in [2.45, 2.75) is 114 Å². The molecule has 4 aliphatic carbocycles. The van der Waals surface area contributed by atoms with Gasteiger partial charge in [0.15, 0.2) is 0 Å². The third kappa shape index (κ3) is 2.58. The van der Waals surface area contributed by atoms with Crippen molar-refractivity contribution in [1.29, 1.82) is 0 Å². The normalized spacial score (nSPS) is 29.2. The second-order valence-electron chi connectivity index (χ2n) is 9.58. The first-order valence-electron chi connectivity index (χ1n) is 11.1. The van der Waals surface area contributed by atoms with Crippen molar-refractivity contribution < 1.29 is 10.2 Å². The highest BCUT2D eigenvalue weighted by Gasteiger charge is 2.64. The molecule has 4 saturated carbocycles. The van der Waals surface area contributed by atoms with E-state index in [1.165, 1.54) is 51.4 Å². The van der Waals surface area contributed by atoms with Crippen LogP contribution in [0.4, 0.5) is 0 Å². The second kappa shape index (κ2) is 6.91. The molecule has 0 heterocycles. The summed E-state index contributed by atoms with van der Waals surface area (Å²) in [6, 6.07) is 0. The van der Waals surface area contributed by atoms with E-state index in [0.29, 0.717) is 23.7 Å². The third-order valence-electron chi connectivity index (χ3n) is 8.55. The highest BCUT2D eigenvalue weighted by molar-refractivity contribution is 5.15. The van der Waals surface area contributed by atoms with Gasteiger partial charge in [-0.1, -0.05) is 51.4 Å². The zero-order valence-electron chi connectivity index (χ0n) is 15.5. The van der Waals surface area contributed by atoms with Gasteiger partial charge in [-0.15, -0.1) is 0 Å². The fraction of sp³-hybridized carbons (Fsp3) is 1.00. The minimum Gasteiger partial charge on any atom is -0.386 e. The van der Waals surface area contributed by atoms with Gasteiger partial charge >= 0.3 is 0 Å². The summed E-state index contributed by atoms with van der Waals surface area (Å²) in [7, 11) is 0. The average molecular weight is 335 g/mol. The Bertz CT molecular complexity index is 336. The van der Waals surface area contributed by atoms with Crippen LogP contribution in [0.3, 0.4) is 0 Å². The van der Waals surface area contributed by atoms with E-state index in [2.05, 4.69) is 0 Å². The van der Waals surface area contributed by atoms with Crippen LogP contribution >= 0.6 is 0 Å². The van der Waals surface area contributed by atoms with Crippen LogP contribution in [0.1, 0.15) is 103 Å². The average Bonchev–Trinajstić information content (AvgIpc) is 3.41. The summed E-state index contributed by atoms with van der Waals surface area (Å²) >= 11 is 0. The van der Waals surface area contributed by atoms with Gasteiger partial charge in [0.25, 0.3) is 0 Å². The minimum atomic E-state index is -0.802. The van der Waals surface area contributed by atoms with Gasteiger partial charge in [0.1, 0.15) is 0 Å². The highest BCUT2D eigenvalue weighted by atomic mass is 16.4. The van der Waals surface area contributed by atoms with E-state index in [4.69, 9.17) is 0 Å². The molecular weight excluding hydrogens is 296 g/mol. The van der Waals surface area contributed by atoms with Gasteiger partial charge in [-0.05, 0) is 75.0 Å². The SMILES string of the molecule is OC(C1CCCC1)(C1CCCC1)C(O)(C1CCCC1)C1CCCC1. The molecule has 4 aliphatic rings. The molecule has 24 heavy (non-hydrogen) atoms. The van der Waals surface area contributed by atoms with Gasteiger partial charge in [0.2, 0.25) is 0 Å². The molecule has 0 aromatic heterocycles. The summed E-state index contributed by atoms with van der Waals surface area (Å²) in [5.41, 5.74) is -1.60. The molecule has 0 atom stereocenters. The Morgan fingerprint density at radius 2 is 0.542 bits per heavy atom. The van der Waals surface area contributed by atoms with Crippen molar-refractivity contribution in [1.82, 2.24) is 0 Å². The summed E-state index contributed by atoms with van der Waals surface area (Å²) in [5.74, 6) is 1.41. The van der Waals surface area contributed by atoms with Crippen LogP contribution in [0.5, 0.6) is 0 Å². The van der Waals surface area contributed by atoms with Gasteiger partial charge < -0.3 is 10.2 Å². The molecule has 138 valence electrons. The first kappa shape index (κ1) is 17.3. The van der Waals surface area contributed by atoms with Gasteiger partial charge in [-0.3, -0.25) is 0 Å². The van der Waals surface area contributed by atoms with Gasteiger partial charge in [0, 0.05) is 0 Å². The van der Waals surface area contributed by atoms with Crippen molar-refractivity contribution in [3.8, 4) is 0 Å². The molecule has 0 bridgehead atoms. The predicted octanol–water partition coefficient (Wildman–Crippen LogP) is 5.21. The minimum absolute atomic E-state index is 0.354. The zero-order valence-corrected chi connectivity index (χ0v) is 15.5. The molecule has 0 saturated heterocycles. The molecule has 0 unspecified atom stereocenters. The second-order valence-corrected chi connectivity index (χ2v) is 9.58. The Labute approximate surface area is 148 Å². The van der Waals surface area contributed by atoms with E-state index in [0.717, 1.165) is 51.4 Å². The number of hydrogen-bond acceptors (Lipinski definition) is 2. The Morgan fingerprint density at radius 3 is 0.708 bits per heavy atom. The summed E-state index contributed by atoms with van der Waals surface area (Å²) in [4.78, 5) is 0. The van der Waals surface area contributed by atoms with Crippen molar-refractivity contribution in [3.05, 3.63) is 0 Å². The van der Waals surface area contributed by atoms with Crippen LogP contribution in [0.25, 0.3) is 0 Å². The number of aliphatic hydroxyl groups is 2. The lowest BCUT2D eigenvalue weighted by atomic mass is 9.55. The monoisotopic (exact) mass is 334 g/mol. The first-order chi connectivity index (χ1) is 11.7. The van der Waals surface area contributed by atoms with Crippen molar-refractivity contribution in [2.24, 2.45) is 23.7 Å². The Balaban J connectivity index is 1.75. The van der Waals surface area contributed by atoms with Crippen molar-refractivity contribution in [3.63, 3.8) is 0 Å². The predicted molar refractivity (Wildman–Crippen MR) is 97.7 cm³/mol. The van der Waals surface area contributed by atoms with E-state index in [1.807, 2.05) is 0 Å². The summed E-state index contributed by atoms with van der Waals surface area (Å²) < 4.78 is 0. The smallest absolute Gasteiger partial charge is 0.0994 e. The van der Waals surface area contributed by atoms with Crippen LogP contribution in [-0.4, -0.2) is 21.4 Å². The van der Waals surface area contributed by atoms with Crippen LogP contribution in [0.2, 0.25) is 0 Å². The van der Waals surface area contributed by atoms with E-state index in [1.54, 1.807) is 0 Å². The zero-order chi connectivity index (χ0) is 16.6. The Hall–Kier alpha value is -0.0800. The molecule has 0 aliphatic heterocycles. The van der Waals surface area contributed by atoms with Gasteiger partial charge in [-0.2, -0.15) is 0 Å². The fourth-order valence-electron chi connectivity index (χ4n) is 7.44. The first-order valence-corrected chi connectivity index (χ1v) is 11.1. The van der Waals surface area contributed by atoms with Crippen LogP contribution < -0.4 is 0 Å². The maximum absolute atomic E-state index is 12.4. The summed E-state index contributed by atoms with van der Waals surface area (Å²) in [6.45, 7) is 0. The molecule has 0 aromatic carbocycles. The van der Waals surface area contributed by atoms with Crippen LogP contribution in [0.15, 0.2) is 0 Å². The molecule has 2 heteroatoms. The fourth-order valence-corrected chi connectivity index (χ4v) is 7.44.